The molecule has 0 amide bonds. The Balaban J connectivity index is 2.25. The first-order valence-electron chi connectivity index (χ1n) is 4.09. The van der Waals surface area contributed by atoms with Crippen LogP contribution < -0.4 is 5.73 Å². The monoisotopic (exact) mass is 153 g/mol. The van der Waals surface area contributed by atoms with E-state index in [0.717, 1.165) is 19.6 Å². The van der Waals surface area contributed by atoms with Gasteiger partial charge in [-0.2, -0.15) is 5.26 Å². The van der Waals surface area contributed by atoms with Crippen molar-refractivity contribution in [2.75, 3.05) is 19.6 Å². The standard InChI is InChI=1S/C8H15N3/c1-7-5-11(4-2-3-9)6-8(7)10/h7-8H,2,4-6,10H2,1H3. The van der Waals surface area contributed by atoms with Crippen LogP contribution in [-0.4, -0.2) is 30.6 Å². The van der Waals surface area contributed by atoms with Crippen LogP contribution in [0.3, 0.4) is 0 Å². The summed E-state index contributed by atoms with van der Waals surface area (Å²) in [7, 11) is 0. The molecular formula is C8H15N3. The molecule has 0 radical (unpaired) electrons. The lowest BCUT2D eigenvalue weighted by Crippen LogP contribution is -2.28. The van der Waals surface area contributed by atoms with E-state index in [1.165, 1.54) is 0 Å². The van der Waals surface area contributed by atoms with Crippen LogP contribution in [0.15, 0.2) is 0 Å². The zero-order valence-electron chi connectivity index (χ0n) is 6.95. The highest BCUT2D eigenvalue weighted by atomic mass is 15.2. The molecule has 0 aromatic heterocycles. The second-order valence-electron chi connectivity index (χ2n) is 3.31. The van der Waals surface area contributed by atoms with Crippen LogP contribution >= 0.6 is 0 Å². The van der Waals surface area contributed by atoms with E-state index in [1.54, 1.807) is 0 Å². The van der Waals surface area contributed by atoms with Crippen molar-refractivity contribution in [1.29, 1.82) is 5.26 Å². The molecule has 0 aromatic rings. The number of hydrogen-bond acceptors (Lipinski definition) is 3. The van der Waals surface area contributed by atoms with Gasteiger partial charge in [0.1, 0.15) is 0 Å². The maximum atomic E-state index is 8.35. The van der Waals surface area contributed by atoms with Gasteiger partial charge in [0, 0.05) is 32.1 Å². The summed E-state index contributed by atoms with van der Waals surface area (Å²) in [4.78, 5) is 2.26. The zero-order chi connectivity index (χ0) is 8.27. The van der Waals surface area contributed by atoms with Crippen LogP contribution in [0.25, 0.3) is 0 Å². The number of nitriles is 1. The van der Waals surface area contributed by atoms with Crippen molar-refractivity contribution in [3.05, 3.63) is 0 Å². The van der Waals surface area contributed by atoms with Gasteiger partial charge in [0.2, 0.25) is 0 Å². The van der Waals surface area contributed by atoms with Gasteiger partial charge >= 0.3 is 0 Å². The van der Waals surface area contributed by atoms with Gasteiger partial charge in [-0.3, -0.25) is 0 Å². The number of rotatable bonds is 2. The van der Waals surface area contributed by atoms with Gasteiger partial charge in [-0.1, -0.05) is 6.92 Å². The van der Waals surface area contributed by atoms with Crippen LogP contribution in [0.5, 0.6) is 0 Å². The van der Waals surface area contributed by atoms with E-state index >= 15 is 0 Å². The molecule has 2 atom stereocenters. The highest BCUT2D eigenvalue weighted by molar-refractivity contribution is 4.85. The van der Waals surface area contributed by atoms with E-state index in [-0.39, 0.29) is 0 Å². The van der Waals surface area contributed by atoms with Crippen LogP contribution in [0.2, 0.25) is 0 Å². The molecule has 0 bridgehead atoms. The molecule has 1 heterocycles. The highest BCUT2D eigenvalue weighted by Gasteiger charge is 2.25. The summed E-state index contributed by atoms with van der Waals surface area (Å²) in [6.07, 6.45) is 0.624. The lowest BCUT2D eigenvalue weighted by molar-refractivity contribution is 0.334. The Hall–Kier alpha value is -0.590. The average molecular weight is 153 g/mol. The first-order valence-corrected chi connectivity index (χ1v) is 4.09. The Morgan fingerprint density at radius 3 is 2.82 bits per heavy atom. The van der Waals surface area contributed by atoms with Crippen molar-refractivity contribution in [2.24, 2.45) is 11.7 Å². The molecule has 1 aliphatic rings. The van der Waals surface area contributed by atoms with Crippen molar-refractivity contribution in [3.8, 4) is 6.07 Å². The SMILES string of the molecule is CC1CN(CCC#N)CC1N. The van der Waals surface area contributed by atoms with E-state index < -0.39 is 0 Å². The Morgan fingerprint density at radius 2 is 2.36 bits per heavy atom. The fourth-order valence-electron chi connectivity index (χ4n) is 1.49. The van der Waals surface area contributed by atoms with Gasteiger partial charge in [0.15, 0.2) is 0 Å². The molecule has 3 nitrogen and oxygen atoms in total. The van der Waals surface area contributed by atoms with Crippen LogP contribution in [0.1, 0.15) is 13.3 Å². The molecule has 0 saturated carbocycles. The third-order valence-corrected chi connectivity index (χ3v) is 2.29. The highest BCUT2D eigenvalue weighted by Crippen LogP contribution is 2.13. The van der Waals surface area contributed by atoms with Crippen molar-refractivity contribution >= 4 is 0 Å². The summed E-state index contributed by atoms with van der Waals surface area (Å²) in [6.45, 7) is 5.07. The summed E-state index contributed by atoms with van der Waals surface area (Å²) in [5, 5.41) is 8.35. The number of likely N-dealkylation sites (tertiary alicyclic amines) is 1. The summed E-state index contributed by atoms with van der Waals surface area (Å²) in [5.74, 6) is 0.591. The van der Waals surface area contributed by atoms with Crippen molar-refractivity contribution in [3.63, 3.8) is 0 Å². The molecule has 0 spiro atoms. The van der Waals surface area contributed by atoms with Gasteiger partial charge in [0.05, 0.1) is 6.07 Å². The molecule has 3 heteroatoms. The lowest BCUT2D eigenvalue weighted by Gasteiger charge is -2.11. The molecule has 1 fully saturated rings. The normalized spacial score (nSPS) is 32.1. The molecule has 0 aromatic carbocycles. The van der Waals surface area contributed by atoms with Crippen LogP contribution in [0, 0.1) is 17.2 Å². The number of nitrogens with zero attached hydrogens (tertiary/aromatic N) is 2. The minimum atomic E-state index is 0.314. The van der Waals surface area contributed by atoms with Crippen molar-refractivity contribution in [1.82, 2.24) is 4.90 Å². The largest absolute Gasteiger partial charge is 0.326 e. The molecule has 62 valence electrons. The van der Waals surface area contributed by atoms with E-state index in [2.05, 4.69) is 17.9 Å². The smallest absolute Gasteiger partial charge is 0.0635 e. The fourth-order valence-corrected chi connectivity index (χ4v) is 1.49. The molecule has 11 heavy (non-hydrogen) atoms. The van der Waals surface area contributed by atoms with E-state index in [0.29, 0.717) is 18.4 Å². The molecule has 0 aliphatic carbocycles. The van der Waals surface area contributed by atoms with Gasteiger partial charge in [-0.05, 0) is 5.92 Å². The number of nitrogens with two attached hydrogens (primary N) is 1. The Morgan fingerprint density at radius 1 is 1.64 bits per heavy atom. The third kappa shape index (κ3) is 2.18. The maximum Gasteiger partial charge on any atom is 0.0635 e. The topological polar surface area (TPSA) is 53.0 Å². The lowest BCUT2D eigenvalue weighted by atomic mass is 10.1. The first-order chi connectivity index (χ1) is 5.24. The predicted octanol–water partition coefficient (Wildman–Crippen LogP) is 0.179. The second-order valence-corrected chi connectivity index (χ2v) is 3.31. The first kappa shape index (κ1) is 8.51. The summed E-state index contributed by atoms with van der Waals surface area (Å²) < 4.78 is 0. The molecule has 1 saturated heterocycles. The second kappa shape index (κ2) is 3.70. The minimum Gasteiger partial charge on any atom is -0.326 e. The Kier molecular flexibility index (Phi) is 2.86. The van der Waals surface area contributed by atoms with Gasteiger partial charge in [-0.15, -0.1) is 0 Å². The minimum absolute atomic E-state index is 0.314. The van der Waals surface area contributed by atoms with Gasteiger partial charge in [-0.25, -0.2) is 0 Å². The van der Waals surface area contributed by atoms with Gasteiger partial charge in [0.25, 0.3) is 0 Å². The van der Waals surface area contributed by atoms with E-state index in [1.807, 2.05) is 0 Å². The van der Waals surface area contributed by atoms with E-state index in [4.69, 9.17) is 11.0 Å². The molecule has 2 unspecified atom stereocenters. The number of hydrogen-bond donors (Lipinski definition) is 1. The van der Waals surface area contributed by atoms with Crippen LogP contribution in [0.4, 0.5) is 0 Å². The maximum absolute atomic E-state index is 8.35. The predicted molar refractivity (Wildman–Crippen MR) is 43.8 cm³/mol. The summed E-state index contributed by atoms with van der Waals surface area (Å²) in [5.41, 5.74) is 5.82. The molecule has 2 N–H and O–H groups in total. The van der Waals surface area contributed by atoms with Crippen LogP contribution in [-0.2, 0) is 0 Å². The average Bonchev–Trinajstić information content (AvgIpc) is 2.28. The summed E-state index contributed by atoms with van der Waals surface area (Å²) in [6, 6.07) is 2.46. The third-order valence-electron chi connectivity index (χ3n) is 2.29. The van der Waals surface area contributed by atoms with E-state index in [9.17, 15) is 0 Å². The van der Waals surface area contributed by atoms with Gasteiger partial charge < -0.3 is 10.6 Å². The molecule has 1 aliphatic heterocycles. The Labute approximate surface area is 67.8 Å². The Bertz CT molecular complexity index is 151. The van der Waals surface area contributed by atoms with Crippen molar-refractivity contribution < 1.29 is 0 Å². The molecular weight excluding hydrogens is 138 g/mol. The fraction of sp³-hybridized carbons (Fsp3) is 0.875. The summed E-state index contributed by atoms with van der Waals surface area (Å²) >= 11 is 0. The zero-order valence-corrected chi connectivity index (χ0v) is 6.95. The molecule has 1 rings (SSSR count). The quantitative estimate of drug-likeness (QED) is 0.615. The van der Waals surface area contributed by atoms with Crippen molar-refractivity contribution in [2.45, 2.75) is 19.4 Å².